The van der Waals surface area contributed by atoms with Crippen LogP contribution in [0.3, 0.4) is 0 Å². The molecule has 0 fully saturated rings. The molecular weight excluding hydrogens is 356 g/mol. The van der Waals surface area contributed by atoms with Gasteiger partial charge < -0.3 is 5.11 Å². The lowest BCUT2D eigenvalue weighted by molar-refractivity contribution is -0.117. The van der Waals surface area contributed by atoms with E-state index in [1.54, 1.807) is 29.1 Å². The molecule has 5 nitrogen and oxygen atoms in total. The van der Waals surface area contributed by atoms with E-state index in [0.29, 0.717) is 10.0 Å². The summed E-state index contributed by atoms with van der Waals surface area (Å²) in [6.07, 6.45) is 1.59. The van der Waals surface area contributed by atoms with Gasteiger partial charge in [-0.1, -0.05) is 36.4 Å². The van der Waals surface area contributed by atoms with Crippen LogP contribution in [-0.4, -0.2) is 21.8 Å². The van der Waals surface area contributed by atoms with E-state index in [1.165, 1.54) is 27.6 Å². The standard InChI is InChI=1S/C18H12N2O3S2/c21-15(12-7-4-9-24-12)13-14(11-5-2-1-3-6-11)20(17(23)16(13)22)18-19-8-10-25-18/h1-10,14,22H. The number of rotatable bonds is 4. The van der Waals surface area contributed by atoms with Crippen molar-refractivity contribution in [3.8, 4) is 0 Å². The maximum absolute atomic E-state index is 13.0. The lowest BCUT2D eigenvalue weighted by atomic mass is 9.96. The van der Waals surface area contributed by atoms with Gasteiger partial charge in [-0.3, -0.25) is 14.5 Å². The monoisotopic (exact) mass is 368 g/mol. The number of aliphatic hydroxyl groups is 1. The quantitative estimate of drug-likeness (QED) is 0.707. The third-order valence-electron chi connectivity index (χ3n) is 3.94. The molecule has 2 aromatic heterocycles. The minimum absolute atomic E-state index is 0.0915. The van der Waals surface area contributed by atoms with Gasteiger partial charge in [-0.15, -0.1) is 22.7 Å². The van der Waals surface area contributed by atoms with Gasteiger partial charge in [0.05, 0.1) is 16.5 Å². The Morgan fingerprint density at radius 2 is 1.88 bits per heavy atom. The summed E-state index contributed by atoms with van der Waals surface area (Å²) in [5.74, 6) is -1.46. The zero-order valence-electron chi connectivity index (χ0n) is 12.8. The first-order valence-corrected chi connectivity index (χ1v) is 9.23. The second kappa shape index (κ2) is 6.27. The fourth-order valence-electron chi connectivity index (χ4n) is 2.86. The molecule has 0 aliphatic carbocycles. The van der Waals surface area contributed by atoms with Crippen molar-refractivity contribution in [2.75, 3.05) is 4.90 Å². The molecule has 0 bridgehead atoms. The summed E-state index contributed by atoms with van der Waals surface area (Å²) in [5, 5.41) is 14.5. The van der Waals surface area contributed by atoms with Crippen LogP contribution in [0.2, 0.25) is 0 Å². The van der Waals surface area contributed by atoms with Crippen LogP contribution in [0.1, 0.15) is 21.3 Å². The third kappa shape index (κ3) is 2.57. The molecule has 1 aliphatic rings. The number of Topliss-reactive ketones (excluding diaryl/α,β-unsaturated/α-hetero) is 1. The molecule has 0 spiro atoms. The van der Waals surface area contributed by atoms with Crippen molar-refractivity contribution >= 4 is 39.5 Å². The van der Waals surface area contributed by atoms with Crippen molar-refractivity contribution in [2.24, 2.45) is 0 Å². The summed E-state index contributed by atoms with van der Waals surface area (Å²) < 4.78 is 0. The lowest BCUT2D eigenvalue weighted by Gasteiger charge is -2.24. The fraction of sp³-hybridized carbons (Fsp3) is 0.0556. The van der Waals surface area contributed by atoms with Crippen LogP contribution in [0.4, 0.5) is 5.13 Å². The maximum atomic E-state index is 13.0. The van der Waals surface area contributed by atoms with E-state index < -0.39 is 17.7 Å². The predicted octanol–water partition coefficient (Wildman–Crippen LogP) is 3.99. The van der Waals surface area contributed by atoms with Gasteiger partial charge >= 0.3 is 0 Å². The summed E-state index contributed by atoms with van der Waals surface area (Å²) in [6, 6.07) is 11.9. The topological polar surface area (TPSA) is 70.5 Å². The van der Waals surface area contributed by atoms with Gasteiger partial charge in [0.25, 0.3) is 5.91 Å². The molecule has 1 atom stereocenters. The fourth-order valence-corrected chi connectivity index (χ4v) is 4.21. The molecule has 0 saturated heterocycles. The molecule has 25 heavy (non-hydrogen) atoms. The number of aliphatic hydroxyl groups excluding tert-OH is 1. The van der Waals surface area contributed by atoms with E-state index >= 15 is 0 Å². The average molecular weight is 368 g/mol. The number of carbonyl (C=O) groups is 2. The Balaban J connectivity index is 1.88. The summed E-state index contributed by atoms with van der Waals surface area (Å²) in [4.78, 5) is 31.7. The van der Waals surface area contributed by atoms with Crippen LogP contribution in [0, 0.1) is 0 Å². The molecule has 1 unspecified atom stereocenters. The summed E-state index contributed by atoms with van der Waals surface area (Å²) in [5.41, 5.74) is 0.837. The zero-order valence-corrected chi connectivity index (χ0v) is 14.5. The van der Waals surface area contributed by atoms with E-state index in [2.05, 4.69) is 4.98 Å². The first-order chi connectivity index (χ1) is 12.2. The molecule has 1 N–H and O–H groups in total. The number of ketones is 1. The number of aromatic nitrogens is 1. The lowest BCUT2D eigenvalue weighted by Crippen LogP contribution is -2.30. The number of carbonyl (C=O) groups excluding carboxylic acids is 2. The first kappa shape index (κ1) is 15.7. The predicted molar refractivity (Wildman–Crippen MR) is 97.1 cm³/mol. The summed E-state index contributed by atoms with van der Waals surface area (Å²) >= 11 is 2.56. The molecule has 1 aliphatic heterocycles. The average Bonchev–Trinajstić information content (AvgIpc) is 3.37. The largest absolute Gasteiger partial charge is 0.503 e. The number of anilines is 1. The molecule has 0 radical (unpaired) electrons. The normalized spacial score (nSPS) is 17.4. The van der Waals surface area contributed by atoms with Crippen molar-refractivity contribution in [3.63, 3.8) is 0 Å². The maximum Gasteiger partial charge on any atom is 0.296 e. The van der Waals surface area contributed by atoms with Crippen LogP contribution < -0.4 is 4.90 Å². The van der Waals surface area contributed by atoms with Crippen LogP contribution in [-0.2, 0) is 4.79 Å². The number of thiazole rings is 1. The third-order valence-corrected chi connectivity index (χ3v) is 5.58. The SMILES string of the molecule is O=C(C1=C(O)C(=O)N(c2nccs2)C1c1ccccc1)c1cccs1. The van der Waals surface area contributed by atoms with Crippen molar-refractivity contribution < 1.29 is 14.7 Å². The van der Waals surface area contributed by atoms with Crippen molar-refractivity contribution in [2.45, 2.75) is 6.04 Å². The number of thiophene rings is 1. The highest BCUT2D eigenvalue weighted by molar-refractivity contribution is 7.14. The molecule has 0 saturated carbocycles. The Morgan fingerprint density at radius 1 is 1.08 bits per heavy atom. The number of nitrogens with zero attached hydrogens (tertiary/aromatic N) is 2. The van der Waals surface area contributed by atoms with Gasteiger partial charge in [0.15, 0.2) is 10.9 Å². The zero-order chi connectivity index (χ0) is 17.4. The van der Waals surface area contributed by atoms with E-state index in [9.17, 15) is 14.7 Å². The van der Waals surface area contributed by atoms with Crippen LogP contribution in [0.5, 0.6) is 0 Å². The summed E-state index contributed by atoms with van der Waals surface area (Å²) in [7, 11) is 0. The Bertz CT molecular complexity index is 948. The van der Waals surface area contributed by atoms with Gasteiger partial charge in [-0.25, -0.2) is 4.98 Å². The van der Waals surface area contributed by atoms with Gasteiger partial charge in [0, 0.05) is 11.6 Å². The molecule has 3 aromatic rings. The van der Waals surface area contributed by atoms with Gasteiger partial charge in [0.2, 0.25) is 5.78 Å². The van der Waals surface area contributed by atoms with Crippen molar-refractivity contribution in [3.05, 3.63) is 81.2 Å². The van der Waals surface area contributed by atoms with E-state index in [1.807, 2.05) is 30.3 Å². The minimum atomic E-state index is -0.700. The second-order valence-corrected chi connectivity index (χ2v) is 7.19. The molecule has 4 rings (SSSR count). The highest BCUT2D eigenvalue weighted by Crippen LogP contribution is 2.42. The highest BCUT2D eigenvalue weighted by Gasteiger charge is 2.45. The second-order valence-electron chi connectivity index (χ2n) is 5.37. The number of hydrogen-bond acceptors (Lipinski definition) is 6. The van der Waals surface area contributed by atoms with Gasteiger partial charge in [-0.05, 0) is 17.0 Å². The van der Waals surface area contributed by atoms with Crippen LogP contribution in [0.25, 0.3) is 0 Å². The number of amides is 1. The van der Waals surface area contributed by atoms with Gasteiger partial charge in [0.1, 0.15) is 0 Å². The molecular formula is C18H12N2O3S2. The smallest absolute Gasteiger partial charge is 0.296 e. The Kier molecular flexibility index (Phi) is 3.95. The molecule has 124 valence electrons. The van der Waals surface area contributed by atoms with Crippen LogP contribution >= 0.6 is 22.7 Å². The van der Waals surface area contributed by atoms with Crippen molar-refractivity contribution in [1.29, 1.82) is 0 Å². The first-order valence-electron chi connectivity index (χ1n) is 7.48. The Labute approximate surface area is 151 Å². The minimum Gasteiger partial charge on any atom is -0.503 e. The van der Waals surface area contributed by atoms with Gasteiger partial charge in [-0.2, -0.15) is 0 Å². The Morgan fingerprint density at radius 3 is 2.52 bits per heavy atom. The summed E-state index contributed by atoms with van der Waals surface area (Å²) in [6.45, 7) is 0. The van der Waals surface area contributed by atoms with E-state index in [4.69, 9.17) is 0 Å². The molecule has 7 heteroatoms. The van der Waals surface area contributed by atoms with E-state index in [0.717, 1.165) is 5.56 Å². The highest BCUT2D eigenvalue weighted by atomic mass is 32.1. The number of hydrogen-bond donors (Lipinski definition) is 1. The number of benzene rings is 1. The van der Waals surface area contributed by atoms with Crippen LogP contribution in [0.15, 0.2) is 70.8 Å². The molecule has 3 heterocycles. The molecule has 1 amide bonds. The Hall–Kier alpha value is -2.77. The van der Waals surface area contributed by atoms with E-state index in [-0.39, 0.29) is 11.4 Å². The molecule has 1 aromatic carbocycles. The van der Waals surface area contributed by atoms with Crippen molar-refractivity contribution in [1.82, 2.24) is 4.98 Å².